The Balaban J connectivity index is 2.54. The molecule has 0 bridgehead atoms. The number of benzene rings is 1. The van der Waals surface area contributed by atoms with Gasteiger partial charge in [0.25, 0.3) is 0 Å². The van der Waals surface area contributed by atoms with Crippen LogP contribution in [-0.2, 0) is 6.42 Å². The van der Waals surface area contributed by atoms with E-state index in [0.717, 1.165) is 12.2 Å². The molecule has 0 spiro atoms. The Hall–Kier alpha value is -1.24. The molecule has 0 fully saturated rings. The number of ether oxygens (including phenoxy) is 1. The summed E-state index contributed by atoms with van der Waals surface area (Å²) in [6.45, 7) is 2.07. The van der Waals surface area contributed by atoms with Gasteiger partial charge in [0.05, 0.1) is 6.26 Å². The van der Waals surface area contributed by atoms with Crippen LogP contribution in [0.15, 0.2) is 30.5 Å². The normalized spacial score (nSPS) is 13.9. The average molecular weight is 146 g/mol. The average Bonchev–Trinajstić information content (AvgIpc) is 2.06. The summed E-state index contributed by atoms with van der Waals surface area (Å²) >= 11 is 0. The Morgan fingerprint density at radius 1 is 1.36 bits per heavy atom. The van der Waals surface area contributed by atoms with Crippen molar-refractivity contribution in [3.63, 3.8) is 0 Å². The number of allylic oxidation sites excluding steroid dienone is 1. The molecule has 1 heterocycles. The number of hydrogen-bond acceptors (Lipinski definition) is 1. The van der Waals surface area contributed by atoms with Gasteiger partial charge in [0, 0.05) is 0 Å². The lowest BCUT2D eigenvalue weighted by atomic mass is 10.1. The molecule has 1 aromatic carbocycles. The summed E-state index contributed by atoms with van der Waals surface area (Å²) in [5, 5.41) is 0. The van der Waals surface area contributed by atoms with E-state index in [1.54, 1.807) is 6.26 Å². The molecule has 0 unspecified atom stereocenters. The molecule has 1 aromatic rings. The molecule has 56 valence electrons. The molecule has 11 heavy (non-hydrogen) atoms. The molecule has 0 amide bonds. The highest BCUT2D eigenvalue weighted by Crippen LogP contribution is 2.26. The molecule has 1 nitrogen and oxygen atoms in total. The molecule has 1 aliphatic rings. The van der Waals surface area contributed by atoms with Crippen LogP contribution in [0, 0.1) is 6.92 Å². The highest BCUT2D eigenvalue weighted by molar-refractivity contribution is 5.43. The van der Waals surface area contributed by atoms with Crippen LogP contribution in [0.2, 0.25) is 0 Å². The molecule has 0 atom stereocenters. The van der Waals surface area contributed by atoms with Crippen molar-refractivity contribution < 1.29 is 4.74 Å². The van der Waals surface area contributed by atoms with Crippen molar-refractivity contribution in [3.8, 4) is 5.75 Å². The summed E-state index contributed by atoms with van der Waals surface area (Å²) < 4.78 is 5.37. The third kappa shape index (κ3) is 1.03. The minimum absolute atomic E-state index is 0.997. The zero-order valence-corrected chi connectivity index (χ0v) is 6.50. The highest BCUT2D eigenvalue weighted by atomic mass is 16.5. The van der Waals surface area contributed by atoms with Crippen molar-refractivity contribution in [2.75, 3.05) is 0 Å². The molecular weight excluding hydrogens is 136 g/mol. The van der Waals surface area contributed by atoms with Crippen LogP contribution < -0.4 is 4.74 Å². The number of rotatable bonds is 0. The smallest absolute Gasteiger partial charge is 0.132 e. The van der Waals surface area contributed by atoms with Crippen molar-refractivity contribution >= 4 is 0 Å². The second-order valence-corrected chi connectivity index (χ2v) is 2.76. The van der Waals surface area contributed by atoms with Gasteiger partial charge in [-0.1, -0.05) is 18.2 Å². The van der Waals surface area contributed by atoms with Gasteiger partial charge in [0.15, 0.2) is 0 Å². The van der Waals surface area contributed by atoms with E-state index in [1.807, 2.05) is 6.08 Å². The standard InChI is InChI=1S/C10H10O/c1-8-4-2-5-9-6-3-7-11-10(8)9/h2-5,7H,6H2,1H3. The lowest BCUT2D eigenvalue weighted by Gasteiger charge is -2.13. The molecule has 1 heteroatoms. The first-order valence-electron chi connectivity index (χ1n) is 3.78. The minimum atomic E-state index is 0.997. The Morgan fingerprint density at radius 3 is 3.09 bits per heavy atom. The molecule has 0 N–H and O–H groups in total. The van der Waals surface area contributed by atoms with Crippen LogP contribution in [0.5, 0.6) is 5.75 Å². The van der Waals surface area contributed by atoms with Gasteiger partial charge in [-0.2, -0.15) is 0 Å². The molecular formula is C10H10O. The van der Waals surface area contributed by atoms with Gasteiger partial charge in [-0.05, 0) is 30.5 Å². The van der Waals surface area contributed by atoms with Gasteiger partial charge in [0.1, 0.15) is 5.75 Å². The molecule has 0 saturated carbocycles. The minimum Gasteiger partial charge on any atom is -0.465 e. The first kappa shape index (κ1) is 6.47. The fraction of sp³-hybridized carbons (Fsp3) is 0.200. The Morgan fingerprint density at radius 2 is 2.27 bits per heavy atom. The first-order valence-corrected chi connectivity index (χ1v) is 3.78. The van der Waals surface area contributed by atoms with E-state index in [9.17, 15) is 0 Å². The van der Waals surface area contributed by atoms with E-state index in [0.29, 0.717) is 0 Å². The molecule has 2 rings (SSSR count). The zero-order valence-electron chi connectivity index (χ0n) is 6.50. The topological polar surface area (TPSA) is 9.23 Å². The summed E-state index contributed by atoms with van der Waals surface area (Å²) in [5.74, 6) is 1.04. The fourth-order valence-corrected chi connectivity index (χ4v) is 1.33. The third-order valence-electron chi connectivity index (χ3n) is 1.91. The van der Waals surface area contributed by atoms with Crippen LogP contribution in [0.25, 0.3) is 0 Å². The van der Waals surface area contributed by atoms with E-state index in [4.69, 9.17) is 4.74 Å². The van der Waals surface area contributed by atoms with Crippen LogP contribution in [0.1, 0.15) is 11.1 Å². The second kappa shape index (κ2) is 2.42. The van der Waals surface area contributed by atoms with E-state index < -0.39 is 0 Å². The predicted molar refractivity (Wildman–Crippen MR) is 44.7 cm³/mol. The van der Waals surface area contributed by atoms with Gasteiger partial charge in [-0.15, -0.1) is 0 Å². The van der Waals surface area contributed by atoms with Gasteiger partial charge in [0.2, 0.25) is 0 Å². The van der Waals surface area contributed by atoms with Crippen molar-refractivity contribution in [1.29, 1.82) is 0 Å². The lowest BCUT2D eigenvalue weighted by molar-refractivity contribution is 0.461. The maximum atomic E-state index is 5.37. The van der Waals surface area contributed by atoms with Gasteiger partial charge >= 0.3 is 0 Å². The van der Waals surface area contributed by atoms with Gasteiger partial charge in [-0.3, -0.25) is 0 Å². The first-order chi connectivity index (χ1) is 5.38. The zero-order chi connectivity index (χ0) is 7.68. The summed E-state index contributed by atoms with van der Waals surface area (Å²) in [4.78, 5) is 0. The largest absolute Gasteiger partial charge is 0.465 e. The fourth-order valence-electron chi connectivity index (χ4n) is 1.33. The predicted octanol–water partition coefficient (Wildman–Crippen LogP) is 2.44. The van der Waals surface area contributed by atoms with Crippen LogP contribution >= 0.6 is 0 Å². The number of hydrogen-bond donors (Lipinski definition) is 0. The van der Waals surface area contributed by atoms with E-state index in [1.165, 1.54) is 11.1 Å². The molecule has 0 aliphatic carbocycles. The maximum absolute atomic E-state index is 5.37. The SMILES string of the molecule is Cc1cccc2c1OC=CC2. The summed E-state index contributed by atoms with van der Waals surface area (Å²) in [5.41, 5.74) is 2.50. The Labute approximate surface area is 66.3 Å². The lowest BCUT2D eigenvalue weighted by Crippen LogP contribution is -1.97. The highest BCUT2D eigenvalue weighted by Gasteiger charge is 2.07. The number of aryl methyl sites for hydroxylation is 1. The Kier molecular flexibility index (Phi) is 1.42. The van der Waals surface area contributed by atoms with Crippen molar-refractivity contribution in [3.05, 3.63) is 41.7 Å². The third-order valence-corrected chi connectivity index (χ3v) is 1.91. The van der Waals surface area contributed by atoms with Crippen LogP contribution in [0.3, 0.4) is 0 Å². The Bertz CT molecular complexity index is 300. The molecule has 0 radical (unpaired) electrons. The van der Waals surface area contributed by atoms with Gasteiger partial charge in [-0.25, -0.2) is 0 Å². The quantitative estimate of drug-likeness (QED) is 0.546. The van der Waals surface area contributed by atoms with Crippen molar-refractivity contribution in [1.82, 2.24) is 0 Å². The summed E-state index contributed by atoms with van der Waals surface area (Å²) in [6, 6.07) is 6.24. The number of fused-ring (bicyclic) bond motifs is 1. The summed E-state index contributed by atoms with van der Waals surface area (Å²) in [7, 11) is 0. The second-order valence-electron chi connectivity index (χ2n) is 2.76. The maximum Gasteiger partial charge on any atom is 0.132 e. The molecule has 1 aliphatic heterocycles. The summed E-state index contributed by atoms with van der Waals surface area (Å²) in [6.07, 6.45) is 4.79. The van der Waals surface area contributed by atoms with E-state index in [2.05, 4.69) is 25.1 Å². The molecule has 0 saturated heterocycles. The molecule has 0 aromatic heterocycles. The number of para-hydroxylation sites is 1. The van der Waals surface area contributed by atoms with Gasteiger partial charge < -0.3 is 4.74 Å². The van der Waals surface area contributed by atoms with Crippen molar-refractivity contribution in [2.45, 2.75) is 13.3 Å². The van der Waals surface area contributed by atoms with Crippen LogP contribution in [-0.4, -0.2) is 0 Å². The van der Waals surface area contributed by atoms with E-state index >= 15 is 0 Å². The van der Waals surface area contributed by atoms with Crippen LogP contribution in [0.4, 0.5) is 0 Å². The van der Waals surface area contributed by atoms with E-state index in [-0.39, 0.29) is 0 Å². The van der Waals surface area contributed by atoms with Crippen molar-refractivity contribution in [2.24, 2.45) is 0 Å². The monoisotopic (exact) mass is 146 g/mol.